The van der Waals surface area contributed by atoms with Crippen LogP contribution in [-0.4, -0.2) is 15.5 Å². The Bertz CT molecular complexity index is 641. The zero-order chi connectivity index (χ0) is 16.1. The second kappa shape index (κ2) is 7.62. The van der Waals surface area contributed by atoms with Gasteiger partial charge in [0.2, 0.25) is 5.91 Å². The number of nitrogens with zero attached hydrogens (tertiary/aromatic N) is 2. The predicted molar refractivity (Wildman–Crippen MR) is 92.0 cm³/mol. The average Bonchev–Trinajstić information content (AvgIpc) is 3.01. The van der Waals surface area contributed by atoms with Crippen molar-refractivity contribution in [3.8, 4) is 0 Å². The smallest absolute Gasteiger partial charge is 0.223 e. The normalized spacial score (nSPS) is 21.4. The molecule has 4 heteroatoms. The van der Waals surface area contributed by atoms with Crippen molar-refractivity contribution < 1.29 is 4.79 Å². The van der Waals surface area contributed by atoms with Crippen molar-refractivity contribution in [3.63, 3.8) is 0 Å². The predicted octanol–water partition coefficient (Wildman–Crippen LogP) is 3.95. The van der Waals surface area contributed by atoms with E-state index in [9.17, 15) is 4.79 Å². The first-order chi connectivity index (χ1) is 11.3. The van der Waals surface area contributed by atoms with Crippen molar-refractivity contribution in [1.82, 2.24) is 14.9 Å². The van der Waals surface area contributed by atoms with Crippen LogP contribution in [0.15, 0.2) is 30.6 Å². The van der Waals surface area contributed by atoms with E-state index in [1.54, 1.807) is 0 Å². The maximum absolute atomic E-state index is 12.4. The van der Waals surface area contributed by atoms with Crippen LogP contribution in [0.1, 0.15) is 57.4 Å². The fraction of sp³-hybridized carbons (Fsp3) is 0.579. The monoisotopic (exact) mass is 313 g/mol. The van der Waals surface area contributed by atoms with Crippen molar-refractivity contribution in [2.45, 2.75) is 58.4 Å². The summed E-state index contributed by atoms with van der Waals surface area (Å²) in [6, 6.07) is 5.99. The first-order valence-electron chi connectivity index (χ1n) is 8.97. The number of unbranched alkanes of at least 4 members (excludes halogenated alkanes) is 1. The van der Waals surface area contributed by atoms with Gasteiger partial charge in [0.15, 0.2) is 0 Å². The van der Waals surface area contributed by atoms with Crippen LogP contribution < -0.4 is 5.32 Å². The van der Waals surface area contributed by atoms with Gasteiger partial charge in [0.05, 0.1) is 11.7 Å². The SMILES string of the molecule is CCCCC1CCC(C(=O)NCc2cnn3ccccc23)CC1. The van der Waals surface area contributed by atoms with Crippen molar-refractivity contribution in [2.24, 2.45) is 11.8 Å². The van der Waals surface area contributed by atoms with Gasteiger partial charge in [-0.05, 0) is 43.7 Å². The van der Waals surface area contributed by atoms with Crippen molar-refractivity contribution in [2.75, 3.05) is 0 Å². The highest BCUT2D eigenvalue weighted by Gasteiger charge is 2.25. The molecule has 0 bridgehead atoms. The molecule has 124 valence electrons. The first-order valence-corrected chi connectivity index (χ1v) is 8.97. The highest BCUT2D eigenvalue weighted by molar-refractivity contribution is 5.79. The van der Waals surface area contributed by atoms with Crippen LogP contribution in [0.3, 0.4) is 0 Å². The molecular weight excluding hydrogens is 286 g/mol. The molecule has 0 spiro atoms. The van der Waals surface area contributed by atoms with Gasteiger partial charge in [-0.3, -0.25) is 4.79 Å². The van der Waals surface area contributed by atoms with Crippen LogP contribution in [-0.2, 0) is 11.3 Å². The van der Waals surface area contributed by atoms with E-state index in [-0.39, 0.29) is 11.8 Å². The Hall–Kier alpha value is -1.84. The quantitative estimate of drug-likeness (QED) is 0.878. The molecule has 1 aliphatic carbocycles. The lowest BCUT2D eigenvalue weighted by molar-refractivity contribution is -0.126. The molecule has 1 amide bonds. The van der Waals surface area contributed by atoms with E-state index >= 15 is 0 Å². The summed E-state index contributed by atoms with van der Waals surface area (Å²) in [4.78, 5) is 12.4. The van der Waals surface area contributed by atoms with E-state index in [2.05, 4.69) is 17.3 Å². The summed E-state index contributed by atoms with van der Waals surface area (Å²) in [6.07, 6.45) is 12.3. The largest absolute Gasteiger partial charge is 0.352 e. The number of carbonyl (C=O) groups excluding carboxylic acids is 1. The van der Waals surface area contributed by atoms with Gasteiger partial charge in [0.25, 0.3) is 0 Å². The Labute approximate surface area is 138 Å². The molecule has 4 nitrogen and oxygen atoms in total. The van der Waals surface area contributed by atoms with E-state index in [0.717, 1.165) is 29.8 Å². The number of pyridine rings is 1. The fourth-order valence-electron chi connectivity index (χ4n) is 3.66. The molecule has 2 aromatic heterocycles. The zero-order valence-corrected chi connectivity index (χ0v) is 14.0. The van der Waals surface area contributed by atoms with Gasteiger partial charge in [-0.15, -0.1) is 0 Å². The molecule has 0 saturated heterocycles. The number of aromatic nitrogens is 2. The van der Waals surface area contributed by atoms with Crippen LogP contribution in [0.5, 0.6) is 0 Å². The molecule has 1 saturated carbocycles. The van der Waals surface area contributed by atoms with Gasteiger partial charge in [-0.1, -0.05) is 32.3 Å². The van der Waals surface area contributed by atoms with Crippen LogP contribution in [0.2, 0.25) is 0 Å². The van der Waals surface area contributed by atoms with Gasteiger partial charge in [0, 0.05) is 24.2 Å². The summed E-state index contributed by atoms with van der Waals surface area (Å²) in [5.41, 5.74) is 2.15. The number of nitrogens with one attached hydrogen (secondary N) is 1. The Morgan fingerprint density at radius 2 is 2.13 bits per heavy atom. The third-order valence-corrected chi connectivity index (χ3v) is 5.14. The molecular formula is C19H27N3O. The average molecular weight is 313 g/mol. The second-order valence-electron chi connectivity index (χ2n) is 6.78. The molecule has 0 unspecified atom stereocenters. The first kappa shape index (κ1) is 16.0. The number of hydrogen-bond acceptors (Lipinski definition) is 2. The Morgan fingerprint density at radius 1 is 1.30 bits per heavy atom. The summed E-state index contributed by atoms with van der Waals surface area (Å²) < 4.78 is 1.85. The minimum absolute atomic E-state index is 0.203. The lowest BCUT2D eigenvalue weighted by atomic mass is 9.79. The summed E-state index contributed by atoms with van der Waals surface area (Å²) in [5.74, 6) is 1.27. The lowest BCUT2D eigenvalue weighted by Crippen LogP contribution is -2.32. The summed E-state index contributed by atoms with van der Waals surface area (Å²) in [5, 5.41) is 7.43. The summed E-state index contributed by atoms with van der Waals surface area (Å²) >= 11 is 0. The molecule has 0 aliphatic heterocycles. The number of amides is 1. The Morgan fingerprint density at radius 3 is 2.91 bits per heavy atom. The van der Waals surface area contributed by atoms with E-state index in [1.807, 2.05) is 35.1 Å². The summed E-state index contributed by atoms with van der Waals surface area (Å²) in [6.45, 7) is 2.82. The molecule has 2 aromatic rings. The van der Waals surface area contributed by atoms with Gasteiger partial charge in [-0.2, -0.15) is 5.10 Å². The minimum Gasteiger partial charge on any atom is -0.352 e. The molecule has 0 radical (unpaired) electrons. The lowest BCUT2D eigenvalue weighted by Gasteiger charge is -2.27. The van der Waals surface area contributed by atoms with Crippen LogP contribution in [0, 0.1) is 11.8 Å². The van der Waals surface area contributed by atoms with Gasteiger partial charge < -0.3 is 5.32 Å². The molecule has 1 N–H and O–H groups in total. The maximum atomic E-state index is 12.4. The topological polar surface area (TPSA) is 46.4 Å². The minimum atomic E-state index is 0.203. The van der Waals surface area contributed by atoms with Gasteiger partial charge in [0.1, 0.15) is 0 Å². The third-order valence-electron chi connectivity index (χ3n) is 5.14. The highest BCUT2D eigenvalue weighted by atomic mass is 16.1. The standard InChI is InChI=1S/C19H27N3O/c1-2-3-6-15-8-10-16(11-9-15)19(23)20-13-17-14-21-22-12-5-4-7-18(17)22/h4-5,7,12,14-16H,2-3,6,8-11,13H2,1H3,(H,20,23). The highest BCUT2D eigenvalue weighted by Crippen LogP contribution is 2.32. The van der Waals surface area contributed by atoms with Crippen LogP contribution in [0.25, 0.3) is 5.52 Å². The molecule has 23 heavy (non-hydrogen) atoms. The Balaban J connectivity index is 1.48. The van der Waals surface area contributed by atoms with E-state index in [0.29, 0.717) is 6.54 Å². The maximum Gasteiger partial charge on any atom is 0.223 e. The number of fused-ring (bicyclic) bond motifs is 1. The second-order valence-corrected chi connectivity index (χ2v) is 6.78. The summed E-state index contributed by atoms with van der Waals surface area (Å²) in [7, 11) is 0. The number of rotatable bonds is 6. The van der Waals surface area contributed by atoms with Crippen molar-refractivity contribution >= 4 is 11.4 Å². The van der Waals surface area contributed by atoms with Crippen molar-refractivity contribution in [3.05, 3.63) is 36.2 Å². The number of carbonyl (C=O) groups is 1. The van der Waals surface area contributed by atoms with Crippen molar-refractivity contribution in [1.29, 1.82) is 0 Å². The van der Waals surface area contributed by atoms with Crippen LogP contribution in [0.4, 0.5) is 0 Å². The zero-order valence-electron chi connectivity index (χ0n) is 14.0. The van der Waals surface area contributed by atoms with E-state index < -0.39 is 0 Å². The van der Waals surface area contributed by atoms with Gasteiger partial charge >= 0.3 is 0 Å². The van der Waals surface area contributed by atoms with Gasteiger partial charge in [-0.25, -0.2) is 4.52 Å². The van der Waals surface area contributed by atoms with E-state index in [4.69, 9.17) is 0 Å². The van der Waals surface area contributed by atoms with Crippen LogP contribution >= 0.6 is 0 Å². The molecule has 2 heterocycles. The number of hydrogen-bond donors (Lipinski definition) is 1. The Kier molecular flexibility index (Phi) is 5.31. The van der Waals surface area contributed by atoms with E-state index in [1.165, 1.54) is 32.1 Å². The molecule has 1 fully saturated rings. The molecule has 0 aromatic carbocycles. The third kappa shape index (κ3) is 3.92. The molecule has 1 aliphatic rings. The molecule has 0 atom stereocenters. The fourth-order valence-corrected chi connectivity index (χ4v) is 3.66. The molecule has 3 rings (SSSR count).